The lowest BCUT2D eigenvalue weighted by Crippen LogP contribution is -2.08. The number of aryl methyl sites for hydroxylation is 1. The SMILES string of the molecule is Cc1cncc(NCc2ccc(N(C)C)cc2)c1. The summed E-state index contributed by atoms with van der Waals surface area (Å²) in [5.74, 6) is 0. The van der Waals surface area contributed by atoms with Crippen LogP contribution < -0.4 is 10.2 Å². The van der Waals surface area contributed by atoms with Gasteiger partial charge in [0.1, 0.15) is 0 Å². The van der Waals surface area contributed by atoms with E-state index >= 15 is 0 Å². The summed E-state index contributed by atoms with van der Waals surface area (Å²) in [5, 5.41) is 3.37. The lowest BCUT2D eigenvalue weighted by atomic mass is 10.2. The molecule has 0 spiro atoms. The van der Waals surface area contributed by atoms with Gasteiger partial charge in [-0.3, -0.25) is 4.98 Å². The van der Waals surface area contributed by atoms with Gasteiger partial charge >= 0.3 is 0 Å². The molecule has 18 heavy (non-hydrogen) atoms. The summed E-state index contributed by atoms with van der Waals surface area (Å²) in [6.45, 7) is 2.86. The lowest BCUT2D eigenvalue weighted by Gasteiger charge is -2.13. The van der Waals surface area contributed by atoms with Gasteiger partial charge in [-0.15, -0.1) is 0 Å². The molecule has 1 aromatic heterocycles. The maximum Gasteiger partial charge on any atom is 0.0532 e. The quantitative estimate of drug-likeness (QED) is 0.891. The maximum atomic E-state index is 4.16. The molecule has 1 aromatic carbocycles. The maximum absolute atomic E-state index is 4.16. The van der Waals surface area contributed by atoms with Crippen molar-refractivity contribution in [2.24, 2.45) is 0 Å². The summed E-state index contributed by atoms with van der Waals surface area (Å²) < 4.78 is 0. The van der Waals surface area contributed by atoms with Crippen molar-refractivity contribution in [3.8, 4) is 0 Å². The summed E-state index contributed by atoms with van der Waals surface area (Å²) in [5.41, 5.74) is 4.72. The molecule has 0 aliphatic carbocycles. The number of hydrogen-bond donors (Lipinski definition) is 1. The molecule has 0 aliphatic rings. The fourth-order valence-corrected chi connectivity index (χ4v) is 1.77. The van der Waals surface area contributed by atoms with Crippen molar-refractivity contribution in [3.63, 3.8) is 0 Å². The molecular weight excluding hydrogens is 222 g/mol. The van der Waals surface area contributed by atoms with Crippen molar-refractivity contribution < 1.29 is 0 Å². The second kappa shape index (κ2) is 5.54. The number of benzene rings is 1. The van der Waals surface area contributed by atoms with E-state index in [0.717, 1.165) is 12.2 Å². The van der Waals surface area contributed by atoms with Crippen LogP contribution in [0.5, 0.6) is 0 Å². The summed E-state index contributed by atoms with van der Waals surface area (Å²) in [6.07, 6.45) is 3.71. The Labute approximate surface area is 108 Å². The lowest BCUT2D eigenvalue weighted by molar-refractivity contribution is 1.10. The standard InChI is InChI=1S/C15H19N3/c1-12-8-14(11-16-9-12)17-10-13-4-6-15(7-5-13)18(2)3/h4-9,11,17H,10H2,1-3H3. The van der Waals surface area contributed by atoms with Crippen LogP contribution in [0.15, 0.2) is 42.7 Å². The van der Waals surface area contributed by atoms with Gasteiger partial charge in [0.05, 0.1) is 5.69 Å². The molecule has 0 fully saturated rings. The average Bonchev–Trinajstić information content (AvgIpc) is 2.37. The Bertz CT molecular complexity index is 503. The highest BCUT2D eigenvalue weighted by atomic mass is 15.1. The van der Waals surface area contributed by atoms with Crippen molar-refractivity contribution in [1.82, 2.24) is 4.98 Å². The zero-order valence-corrected chi connectivity index (χ0v) is 11.1. The highest BCUT2D eigenvalue weighted by molar-refractivity contribution is 5.47. The van der Waals surface area contributed by atoms with E-state index < -0.39 is 0 Å². The van der Waals surface area contributed by atoms with E-state index in [0.29, 0.717) is 0 Å². The third kappa shape index (κ3) is 3.23. The molecule has 0 unspecified atom stereocenters. The van der Waals surface area contributed by atoms with Crippen molar-refractivity contribution in [1.29, 1.82) is 0 Å². The van der Waals surface area contributed by atoms with Gasteiger partial charge < -0.3 is 10.2 Å². The molecule has 0 amide bonds. The van der Waals surface area contributed by atoms with Gasteiger partial charge in [-0.25, -0.2) is 0 Å². The van der Waals surface area contributed by atoms with E-state index in [1.54, 1.807) is 0 Å². The highest BCUT2D eigenvalue weighted by Gasteiger charge is 1.97. The molecule has 0 atom stereocenters. The predicted octanol–water partition coefficient (Wildman–Crippen LogP) is 3.07. The fourth-order valence-electron chi connectivity index (χ4n) is 1.77. The summed E-state index contributed by atoms with van der Waals surface area (Å²) in [6, 6.07) is 10.6. The molecule has 1 heterocycles. The Morgan fingerprint density at radius 3 is 2.44 bits per heavy atom. The molecule has 94 valence electrons. The molecule has 0 radical (unpaired) electrons. The van der Waals surface area contributed by atoms with Crippen LogP contribution in [0.1, 0.15) is 11.1 Å². The van der Waals surface area contributed by atoms with Crippen LogP contribution in [0.2, 0.25) is 0 Å². The molecule has 0 saturated heterocycles. The first-order chi connectivity index (χ1) is 8.65. The minimum absolute atomic E-state index is 0.818. The highest BCUT2D eigenvalue weighted by Crippen LogP contribution is 2.14. The molecule has 3 heteroatoms. The van der Waals surface area contributed by atoms with Crippen LogP contribution in [-0.4, -0.2) is 19.1 Å². The Morgan fingerprint density at radius 1 is 1.11 bits per heavy atom. The number of rotatable bonds is 4. The van der Waals surface area contributed by atoms with Crippen molar-refractivity contribution in [2.45, 2.75) is 13.5 Å². The first-order valence-electron chi connectivity index (χ1n) is 6.07. The predicted molar refractivity (Wildman–Crippen MR) is 77.1 cm³/mol. The van der Waals surface area contributed by atoms with Crippen LogP contribution in [-0.2, 0) is 6.54 Å². The zero-order valence-electron chi connectivity index (χ0n) is 11.1. The Kier molecular flexibility index (Phi) is 3.82. The third-order valence-corrected chi connectivity index (χ3v) is 2.82. The second-order valence-electron chi connectivity index (χ2n) is 4.67. The smallest absolute Gasteiger partial charge is 0.0532 e. The first-order valence-corrected chi connectivity index (χ1v) is 6.07. The number of aromatic nitrogens is 1. The molecule has 1 N–H and O–H groups in total. The topological polar surface area (TPSA) is 28.2 Å². The number of nitrogens with one attached hydrogen (secondary N) is 1. The minimum Gasteiger partial charge on any atom is -0.380 e. The van der Waals surface area contributed by atoms with E-state index in [9.17, 15) is 0 Å². The van der Waals surface area contributed by atoms with Crippen LogP contribution in [0.3, 0.4) is 0 Å². The van der Waals surface area contributed by atoms with E-state index in [2.05, 4.69) is 45.5 Å². The van der Waals surface area contributed by atoms with Crippen LogP contribution in [0.25, 0.3) is 0 Å². The van der Waals surface area contributed by atoms with E-state index in [4.69, 9.17) is 0 Å². The van der Waals surface area contributed by atoms with Gasteiger partial charge in [0.15, 0.2) is 0 Å². The third-order valence-electron chi connectivity index (χ3n) is 2.82. The molecule has 2 rings (SSSR count). The Morgan fingerprint density at radius 2 is 1.83 bits per heavy atom. The van der Waals surface area contributed by atoms with Gasteiger partial charge in [-0.05, 0) is 36.2 Å². The summed E-state index contributed by atoms with van der Waals surface area (Å²) in [4.78, 5) is 6.26. The Hall–Kier alpha value is -2.03. The van der Waals surface area contributed by atoms with Crippen molar-refractivity contribution in [2.75, 3.05) is 24.3 Å². The van der Waals surface area contributed by atoms with Crippen LogP contribution >= 0.6 is 0 Å². The largest absolute Gasteiger partial charge is 0.380 e. The van der Waals surface area contributed by atoms with Gasteiger partial charge in [0.25, 0.3) is 0 Å². The van der Waals surface area contributed by atoms with Gasteiger partial charge in [-0.1, -0.05) is 12.1 Å². The molecule has 0 bridgehead atoms. The number of nitrogens with zero attached hydrogens (tertiary/aromatic N) is 2. The van der Waals surface area contributed by atoms with Gasteiger partial charge in [-0.2, -0.15) is 0 Å². The van der Waals surface area contributed by atoms with Crippen LogP contribution in [0, 0.1) is 6.92 Å². The Balaban J connectivity index is 1.98. The monoisotopic (exact) mass is 241 g/mol. The van der Waals surface area contributed by atoms with Crippen LogP contribution in [0.4, 0.5) is 11.4 Å². The number of anilines is 2. The second-order valence-corrected chi connectivity index (χ2v) is 4.67. The molecular formula is C15H19N3. The number of hydrogen-bond acceptors (Lipinski definition) is 3. The van der Waals surface area contributed by atoms with Crippen molar-refractivity contribution >= 4 is 11.4 Å². The van der Waals surface area contributed by atoms with Crippen molar-refractivity contribution in [3.05, 3.63) is 53.9 Å². The van der Waals surface area contributed by atoms with E-state index in [1.165, 1.54) is 16.8 Å². The van der Waals surface area contributed by atoms with E-state index in [-0.39, 0.29) is 0 Å². The average molecular weight is 241 g/mol. The minimum atomic E-state index is 0.818. The number of pyridine rings is 1. The fraction of sp³-hybridized carbons (Fsp3) is 0.267. The zero-order chi connectivity index (χ0) is 13.0. The molecule has 2 aromatic rings. The normalized spacial score (nSPS) is 10.2. The summed E-state index contributed by atoms with van der Waals surface area (Å²) in [7, 11) is 4.09. The molecule has 0 saturated carbocycles. The molecule has 0 aliphatic heterocycles. The van der Waals surface area contributed by atoms with Gasteiger partial charge in [0.2, 0.25) is 0 Å². The van der Waals surface area contributed by atoms with E-state index in [1.807, 2.05) is 33.4 Å². The summed E-state index contributed by atoms with van der Waals surface area (Å²) >= 11 is 0. The van der Waals surface area contributed by atoms with Gasteiger partial charge in [0, 0.05) is 38.7 Å². The molecule has 3 nitrogen and oxygen atoms in total. The first kappa shape index (κ1) is 12.4.